The van der Waals surface area contributed by atoms with E-state index in [9.17, 15) is 14.4 Å². The van der Waals surface area contributed by atoms with Crippen molar-refractivity contribution < 1.29 is 19.2 Å². The van der Waals surface area contributed by atoms with Gasteiger partial charge in [0.2, 0.25) is 0 Å². The van der Waals surface area contributed by atoms with Gasteiger partial charge in [-0.15, -0.1) is 0 Å². The molecule has 1 fully saturated rings. The van der Waals surface area contributed by atoms with Gasteiger partial charge in [0.15, 0.2) is 5.54 Å². The van der Waals surface area contributed by atoms with Crippen LogP contribution in [0.2, 0.25) is 0 Å². The highest BCUT2D eigenvalue weighted by atomic mass is 16.7. The highest BCUT2D eigenvalue weighted by molar-refractivity contribution is 6.05. The van der Waals surface area contributed by atoms with Crippen molar-refractivity contribution in [2.45, 2.75) is 39.2 Å². The summed E-state index contributed by atoms with van der Waals surface area (Å²) in [6.45, 7) is 7.65. The summed E-state index contributed by atoms with van der Waals surface area (Å²) in [5, 5.41) is 0.924. The van der Waals surface area contributed by atoms with Crippen molar-refractivity contribution in [1.82, 2.24) is 9.96 Å². The smallest absolute Gasteiger partial charge is 0.329 e. The molecule has 1 aliphatic heterocycles. The Morgan fingerprint density at radius 1 is 1.22 bits per heavy atom. The lowest BCUT2D eigenvalue weighted by molar-refractivity contribution is -0.250. The Kier molecular flexibility index (Phi) is 4.73. The summed E-state index contributed by atoms with van der Waals surface area (Å²) < 4.78 is 0. The Morgan fingerprint density at radius 2 is 1.78 bits per heavy atom. The van der Waals surface area contributed by atoms with Gasteiger partial charge in [0.05, 0.1) is 0 Å². The summed E-state index contributed by atoms with van der Waals surface area (Å²) in [4.78, 5) is 43.4. The van der Waals surface area contributed by atoms with E-state index in [-0.39, 0.29) is 11.8 Å². The van der Waals surface area contributed by atoms with E-state index in [4.69, 9.17) is 4.84 Å². The molecule has 2 amide bonds. The van der Waals surface area contributed by atoms with Crippen molar-refractivity contribution in [3.63, 3.8) is 0 Å². The van der Waals surface area contributed by atoms with Crippen LogP contribution in [0.4, 0.5) is 0 Å². The summed E-state index contributed by atoms with van der Waals surface area (Å²) in [6.07, 6.45) is 0. The second kappa shape index (κ2) is 6.40. The molecule has 0 radical (unpaired) electrons. The SMILES string of the molecule is CCN(CC)C(=O)[C@@]1(C)[C@@H](c2ccccc2)C(=O)N1OC(C)=O. The lowest BCUT2D eigenvalue weighted by Crippen LogP contribution is -2.73. The monoisotopic (exact) mass is 318 g/mol. The molecule has 0 aliphatic carbocycles. The molecular weight excluding hydrogens is 296 g/mol. The Morgan fingerprint density at radius 3 is 2.26 bits per heavy atom. The third-order valence-electron chi connectivity index (χ3n) is 4.27. The van der Waals surface area contributed by atoms with Crippen LogP contribution in [0.3, 0.4) is 0 Å². The summed E-state index contributed by atoms with van der Waals surface area (Å²) in [6, 6.07) is 9.10. The number of carbonyl (C=O) groups excluding carboxylic acids is 3. The van der Waals surface area contributed by atoms with E-state index in [1.807, 2.05) is 32.0 Å². The van der Waals surface area contributed by atoms with Gasteiger partial charge in [-0.3, -0.25) is 14.4 Å². The maximum atomic E-state index is 13.0. The predicted octanol–water partition coefficient (Wildman–Crippen LogP) is 1.72. The zero-order valence-corrected chi connectivity index (χ0v) is 13.9. The summed E-state index contributed by atoms with van der Waals surface area (Å²) in [7, 11) is 0. The van der Waals surface area contributed by atoms with Crippen LogP contribution in [0.15, 0.2) is 30.3 Å². The normalized spacial score (nSPS) is 23.2. The van der Waals surface area contributed by atoms with Gasteiger partial charge in [-0.1, -0.05) is 30.3 Å². The number of nitrogens with zero attached hydrogens (tertiary/aromatic N) is 2. The van der Waals surface area contributed by atoms with Crippen LogP contribution < -0.4 is 0 Å². The fraction of sp³-hybridized carbons (Fsp3) is 0.471. The Bertz CT molecular complexity index is 612. The zero-order chi connectivity index (χ0) is 17.2. The molecule has 2 rings (SSSR count). The van der Waals surface area contributed by atoms with Crippen molar-refractivity contribution in [2.75, 3.05) is 13.1 Å². The molecule has 1 saturated heterocycles. The van der Waals surface area contributed by atoms with Gasteiger partial charge >= 0.3 is 5.97 Å². The van der Waals surface area contributed by atoms with Gasteiger partial charge in [-0.25, -0.2) is 0 Å². The lowest BCUT2D eigenvalue weighted by atomic mass is 9.71. The fourth-order valence-corrected chi connectivity index (χ4v) is 3.06. The van der Waals surface area contributed by atoms with Gasteiger partial charge in [0.1, 0.15) is 5.92 Å². The minimum absolute atomic E-state index is 0.225. The van der Waals surface area contributed by atoms with Crippen LogP contribution in [-0.2, 0) is 19.2 Å². The van der Waals surface area contributed by atoms with Crippen LogP contribution in [0.1, 0.15) is 39.2 Å². The molecular formula is C17H22N2O4. The quantitative estimate of drug-likeness (QED) is 0.775. The largest absolute Gasteiger partial charge is 0.341 e. The van der Waals surface area contributed by atoms with Gasteiger partial charge in [-0.05, 0) is 26.3 Å². The summed E-state index contributed by atoms with van der Waals surface area (Å²) in [5.74, 6) is -1.88. The maximum Gasteiger partial charge on any atom is 0.329 e. The van der Waals surface area contributed by atoms with Gasteiger partial charge in [0.25, 0.3) is 11.8 Å². The molecule has 0 saturated carbocycles. The zero-order valence-electron chi connectivity index (χ0n) is 13.9. The second-order valence-corrected chi connectivity index (χ2v) is 5.68. The number of carbonyl (C=O) groups is 3. The van der Waals surface area contributed by atoms with E-state index in [1.165, 1.54) is 6.92 Å². The van der Waals surface area contributed by atoms with E-state index in [1.54, 1.807) is 24.0 Å². The molecule has 0 unspecified atom stereocenters. The molecule has 6 heteroatoms. The Balaban J connectivity index is 2.44. The third-order valence-corrected chi connectivity index (χ3v) is 4.27. The van der Waals surface area contributed by atoms with E-state index >= 15 is 0 Å². The standard InChI is InChI=1S/C17H22N2O4/c1-5-18(6-2)16(22)17(4)14(13-10-8-7-9-11-13)15(21)19(17)23-12(3)20/h7-11,14H,5-6H2,1-4H3/t14-,17+/m0/s1. The average Bonchev–Trinajstić information content (AvgIpc) is 2.54. The molecule has 23 heavy (non-hydrogen) atoms. The first-order valence-corrected chi connectivity index (χ1v) is 7.74. The molecule has 1 aromatic carbocycles. The lowest BCUT2D eigenvalue weighted by Gasteiger charge is -2.52. The number of hydroxylamine groups is 2. The molecule has 0 aromatic heterocycles. The molecule has 124 valence electrons. The molecule has 0 N–H and O–H groups in total. The van der Waals surface area contributed by atoms with Crippen LogP contribution in [0, 0.1) is 0 Å². The van der Waals surface area contributed by atoms with Crippen LogP contribution in [-0.4, -0.2) is 46.4 Å². The molecule has 1 aliphatic rings. The van der Waals surface area contributed by atoms with Crippen molar-refractivity contribution >= 4 is 17.8 Å². The Hall–Kier alpha value is -2.37. The van der Waals surface area contributed by atoms with E-state index < -0.39 is 17.4 Å². The molecule has 0 spiro atoms. The molecule has 2 atom stereocenters. The van der Waals surface area contributed by atoms with Gasteiger partial charge in [-0.2, -0.15) is 5.06 Å². The van der Waals surface area contributed by atoms with E-state index in [0.29, 0.717) is 13.1 Å². The van der Waals surface area contributed by atoms with E-state index in [0.717, 1.165) is 10.6 Å². The van der Waals surface area contributed by atoms with Gasteiger partial charge in [0, 0.05) is 20.0 Å². The molecule has 6 nitrogen and oxygen atoms in total. The highest BCUT2D eigenvalue weighted by Crippen LogP contribution is 2.46. The predicted molar refractivity (Wildman–Crippen MR) is 84.1 cm³/mol. The number of rotatable bonds is 5. The number of amides is 2. The third kappa shape index (κ3) is 2.69. The van der Waals surface area contributed by atoms with Crippen LogP contribution >= 0.6 is 0 Å². The molecule has 0 bridgehead atoms. The Labute approximate surface area is 136 Å². The molecule has 1 aromatic rings. The minimum Gasteiger partial charge on any atom is -0.341 e. The van der Waals surface area contributed by atoms with Crippen LogP contribution in [0.5, 0.6) is 0 Å². The summed E-state index contributed by atoms with van der Waals surface area (Å²) >= 11 is 0. The van der Waals surface area contributed by atoms with Crippen molar-refractivity contribution in [3.05, 3.63) is 35.9 Å². The number of hydrogen-bond acceptors (Lipinski definition) is 4. The van der Waals surface area contributed by atoms with Gasteiger partial charge < -0.3 is 9.74 Å². The first-order chi connectivity index (χ1) is 10.9. The second-order valence-electron chi connectivity index (χ2n) is 5.68. The first kappa shape index (κ1) is 17.0. The number of benzene rings is 1. The minimum atomic E-state index is -1.23. The van der Waals surface area contributed by atoms with Crippen molar-refractivity contribution in [3.8, 4) is 0 Å². The average molecular weight is 318 g/mol. The molecule has 1 heterocycles. The highest BCUT2D eigenvalue weighted by Gasteiger charge is 2.65. The van der Waals surface area contributed by atoms with E-state index in [2.05, 4.69) is 0 Å². The number of likely N-dealkylation sites (N-methyl/N-ethyl adjacent to an activating group) is 1. The van der Waals surface area contributed by atoms with Crippen LogP contribution in [0.25, 0.3) is 0 Å². The fourth-order valence-electron chi connectivity index (χ4n) is 3.06. The maximum absolute atomic E-state index is 13.0. The summed E-state index contributed by atoms with van der Waals surface area (Å²) in [5.41, 5.74) is -0.486. The topological polar surface area (TPSA) is 66.9 Å². The van der Waals surface area contributed by atoms with Crippen molar-refractivity contribution in [1.29, 1.82) is 0 Å². The first-order valence-electron chi connectivity index (χ1n) is 7.74. The number of β-lactam (4-membered cyclic amide) rings is 1. The number of hydrogen-bond donors (Lipinski definition) is 0. The van der Waals surface area contributed by atoms with Crippen molar-refractivity contribution in [2.24, 2.45) is 0 Å².